The zero-order valence-corrected chi connectivity index (χ0v) is 17.2. The number of phenolic OH excluding ortho intramolecular Hbond substituents is 1. The highest BCUT2D eigenvalue weighted by atomic mass is 32.2. The van der Waals surface area contributed by atoms with Crippen molar-refractivity contribution < 1.29 is 5.11 Å². The van der Waals surface area contributed by atoms with Crippen molar-refractivity contribution in [3.05, 3.63) is 28.8 Å². The Morgan fingerprint density at radius 2 is 2.08 bits per heavy atom. The van der Waals surface area contributed by atoms with Gasteiger partial charge in [-0.2, -0.15) is 11.8 Å². The van der Waals surface area contributed by atoms with Gasteiger partial charge in [0.1, 0.15) is 5.75 Å². The first-order chi connectivity index (χ1) is 12.0. The molecule has 4 unspecified atom stereocenters. The molecule has 1 heterocycles. The van der Waals surface area contributed by atoms with Gasteiger partial charge in [0.2, 0.25) is 0 Å². The van der Waals surface area contributed by atoms with Crippen molar-refractivity contribution >= 4 is 11.8 Å². The van der Waals surface area contributed by atoms with E-state index in [0.29, 0.717) is 17.6 Å². The highest BCUT2D eigenvalue weighted by Gasteiger charge is 2.40. The van der Waals surface area contributed by atoms with E-state index >= 15 is 0 Å². The average Bonchev–Trinajstić information content (AvgIpc) is 2.99. The fourth-order valence-corrected chi connectivity index (χ4v) is 6.70. The van der Waals surface area contributed by atoms with Gasteiger partial charge < -0.3 is 10.4 Å². The lowest BCUT2D eigenvalue weighted by Gasteiger charge is -2.35. The Bertz CT molecular complexity index is 586. The largest absolute Gasteiger partial charge is 0.507 e. The first-order valence-electron chi connectivity index (χ1n) is 10.1. The number of thioether (sulfide) groups is 1. The van der Waals surface area contributed by atoms with Crippen LogP contribution in [0.4, 0.5) is 0 Å². The number of rotatable bonds is 6. The minimum atomic E-state index is 0.381. The third-order valence-electron chi connectivity index (χ3n) is 6.41. The Balaban J connectivity index is 1.74. The van der Waals surface area contributed by atoms with Crippen LogP contribution in [0.1, 0.15) is 74.5 Å². The number of aryl methyl sites for hydroxylation is 1. The van der Waals surface area contributed by atoms with Gasteiger partial charge in [-0.15, -0.1) is 0 Å². The lowest BCUT2D eigenvalue weighted by Crippen LogP contribution is -2.27. The van der Waals surface area contributed by atoms with Gasteiger partial charge in [0.25, 0.3) is 0 Å². The molecule has 25 heavy (non-hydrogen) atoms. The van der Waals surface area contributed by atoms with E-state index in [1.165, 1.54) is 43.4 Å². The van der Waals surface area contributed by atoms with Crippen LogP contribution in [0.5, 0.6) is 5.75 Å². The quantitative estimate of drug-likeness (QED) is 0.662. The van der Waals surface area contributed by atoms with Crippen molar-refractivity contribution in [2.24, 2.45) is 11.8 Å². The summed E-state index contributed by atoms with van der Waals surface area (Å²) in [7, 11) is 2.06. The number of phenols is 1. The van der Waals surface area contributed by atoms with Gasteiger partial charge >= 0.3 is 0 Å². The molecule has 140 valence electrons. The molecule has 0 spiro atoms. The van der Waals surface area contributed by atoms with Crippen LogP contribution in [0.3, 0.4) is 0 Å². The fourth-order valence-electron chi connectivity index (χ4n) is 4.90. The minimum absolute atomic E-state index is 0.381. The smallest absolute Gasteiger partial charge is 0.121 e. The molecule has 0 bridgehead atoms. The number of fused-ring (bicyclic) bond motifs is 1. The molecule has 1 aliphatic carbocycles. The molecule has 2 fully saturated rings. The van der Waals surface area contributed by atoms with Gasteiger partial charge in [0, 0.05) is 5.25 Å². The number of benzene rings is 1. The molecule has 0 radical (unpaired) electrons. The van der Waals surface area contributed by atoms with E-state index in [0.717, 1.165) is 34.8 Å². The first-order valence-corrected chi connectivity index (χ1v) is 11.2. The monoisotopic (exact) mass is 361 g/mol. The summed E-state index contributed by atoms with van der Waals surface area (Å²) < 4.78 is 0. The number of aromatic hydroxyl groups is 1. The van der Waals surface area contributed by atoms with E-state index in [2.05, 4.69) is 57.0 Å². The van der Waals surface area contributed by atoms with Crippen LogP contribution in [-0.2, 0) is 0 Å². The van der Waals surface area contributed by atoms with E-state index in [1.54, 1.807) is 0 Å². The van der Waals surface area contributed by atoms with Gasteiger partial charge in [-0.1, -0.05) is 26.0 Å². The van der Waals surface area contributed by atoms with Crippen molar-refractivity contribution in [2.45, 2.75) is 70.0 Å². The summed E-state index contributed by atoms with van der Waals surface area (Å²) in [5.74, 6) is 4.76. The van der Waals surface area contributed by atoms with Crippen LogP contribution in [0, 0.1) is 18.8 Å². The summed E-state index contributed by atoms with van der Waals surface area (Å²) in [4.78, 5) is 0. The van der Waals surface area contributed by atoms with E-state index in [1.807, 2.05) is 0 Å². The molecule has 1 aliphatic heterocycles. The summed E-state index contributed by atoms with van der Waals surface area (Å²) in [5, 5.41) is 14.6. The second-order valence-electron chi connectivity index (χ2n) is 8.48. The van der Waals surface area contributed by atoms with E-state index < -0.39 is 0 Å². The fraction of sp³-hybridized carbons (Fsp3) is 0.727. The molecule has 1 saturated heterocycles. The number of nitrogens with one attached hydrogen (secondary N) is 1. The van der Waals surface area contributed by atoms with Crippen LogP contribution >= 0.6 is 11.8 Å². The van der Waals surface area contributed by atoms with Crippen molar-refractivity contribution in [1.29, 1.82) is 0 Å². The summed E-state index contributed by atoms with van der Waals surface area (Å²) >= 11 is 2.24. The molecule has 3 heteroatoms. The molecular formula is C22H35NOS. The summed E-state index contributed by atoms with van der Waals surface area (Å²) in [6.45, 7) is 7.57. The molecule has 2 aliphatic rings. The van der Waals surface area contributed by atoms with Gasteiger partial charge in [0.05, 0.1) is 0 Å². The maximum atomic E-state index is 10.4. The lowest BCUT2D eigenvalue weighted by molar-refractivity contribution is 0.256. The maximum Gasteiger partial charge on any atom is 0.121 e. The SMILES string of the molecule is CNCCCC1CSC2CCC(c3cc(C)c(O)c(C(C)C)c3)CC12. The predicted octanol–water partition coefficient (Wildman–Crippen LogP) is 5.44. The van der Waals surface area contributed by atoms with E-state index in [9.17, 15) is 5.11 Å². The highest BCUT2D eigenvalue weighted by molar-refractivity contribution is 8.00. The normalized spacial score (nSPS) is 29.2. The molecule has 3 rings (SSSR count). The highest BCUT2D eigenvalue weighted by Crippen LogP contribution is 2.51. The Morgan fingerprint density at radius 3 is 2.80 bits per heavy atom. The topological polar surface area (TPSA) is 32.3 Å². The second kappa shape index (κ2) is 8.35. The van der Waals surface area contributed by atoms with E-state index in [4.69, 9.17) is 0 Å². The van der Waals surface area contributed by atoms with Crippen LogP contribution in [0.15, 0.2) is 12.1 Å². The van der Waals surface area contributed by atoms with Gasteiger partial charge in [0.15, 0.2) is 0 Å². The van der Waals surface area contributed by atoms with Crippen LogP contribution in [-0.4, -0.2) is 29.7 Å². The Labute approximate surface area is 158 Å². The molecule has 1 aromatic carbocycles. The molecular weight excluding hydrogens is 326 g/mol. The molecule has 0 aromatic heterocycles. The molecule has 0 amide bonds. The summed E-state index contributed by atoms with van der Waals surface area (Å²) in [5.41, 5.74) is 3.65. The van der Waals surface area contributed by atoms with Gasteiger partial charge in [-0.05, 0) is 98.7 Å². The Hall–Kier alpha value is -0.670. The standard InChI is InChI=1S/C22H35NOS/c1-14(2)19-12-18(10-15(3)22(19)24)16-7-8-21-20(11-16)17(13-25-21)6-5-9-23-4/h10,12,14,16-17,20-21,23-24H,5-9,11,13H2,1-4H3. The van der Waals surface area contributed by atoms with Crippen molar-refractivity contribution in [1.82, 2.24) is 5.32 Å². The Morgan fingerprint density at radius 1 is 1.28 bits per heavy atom. The number of hydrogen-bond acceptors (Lipinski definition) is 3. The van der Waals surface area contributed by atoms with Gasteiger partial charge in [-0.25, -0.2) is 0 Å². The van der Waals surface area contributed by atoms with Crippen LogP contribution in [0.2, 0.25) is 0 Å². The molecule has 1 saturated carbocycles. The summed E-state index contributed by atoms with van der Waals surface area (Å²) in [6, 6.07) is 4.56. The molecule has 2 nitrogen and oxygen atoms in total. The number of hydrogen-bond donors (Lipinski definition) is 2. The van der Waals surface area contributed by atoms with Crippen molar-refractivity contribution in [2.75, 3.05) is 19.3 Å². The maximum absolute atomic E-state index is 10.4. The lowest BCUT2D eigenvalue weighted by atomic mass is 9.72. The third-order valence-corrected chi connectivity index (χ3v) is 8.05. The molecule has 2 N–H and O–H groups in total. The Kier molecular flexibility index (Phi) is 6.38. The molecule has 1 aromatic rings. The third kappa shape index (κ3) is 4.19. The zero-order valence-electron chi connectivity index (χ0n) is 16.3. The zero-order chi connectivity index (χ0) is 18.0. The predicted molar refractivity (Wildman–Crippen MR) is 110 cm³/mol. The second-order valence-corrected chi connectivity index (χ2v) is 9.75. The summed E-state index contributed by atoms with van der Waals surface area (Å²) in [6.07, 6.45) is 6.74. The average molecular weight is 362 g/mol. The van der Waals surface area contributed by atoms with Crippen LogP contribution < -0.4 is 5.32 Å². The van der Waals surface area contributed by atoms with Crippen LogP contribution in [0.25, 0.3) is 0 Å². The minimum Gasteiger partial charge on any atom is -0.507 e. The van der Waals surface area contributed by atoms with Gasteiger partial charge in [-0.3, -0.25) is 0 Å². The van der Waals surface area contributed by atoms with Crippen molar-refractivity contribution in [3.63, 3.8) is 0 Å². The van der Waals surface area contributed by atoms with Crippen molar-refractivity contribution in [3.8, 4) is 5.75 Å². The van der Waals surface area contributed by atoms with E-state index in [-0.39, 0.29) is 0 Å². The first kappa shape index (κ1) is 19.1. The molecule has 4 atom stereocenters.